The van der Waals surface area contributed by atoms with E-state index in [0.717, 1.165) is 54.4 Å². The predicted octanol–water partition coefficient (Wildman–Crippen LogP) is 6.07. The summed E-state index contributed by atoms with van der Waals surface area (Å²) in [6.45, 7) is 7.15. The Morgan fingerprint density at radius 3 is 2.27 bits per heavy atom. The Hall–Kier alpha value is -3.85. The van der Waals surface area contributed by atoms with Gasteiger partial charge in [0.15, 0.2) is 0 Å². The van der Waals surface area contributed by atoms with Crippen molar-refractivity contribution >= 4 is 27.5 Å². The Balaban J connectivity index is 1.75. The van der Waals surface area contributed by atoms with Gasteiger partial charge in [-0.3, -0.25) is 13.9 Å². The number of rotatable bonds is 12. The number of hydrogen-bond acceptors (Lipinski definition) is 5. The third-order valence-electron chi connectivity index (χ3n) is 8.35. The van der Waals surface area contributed by atoms with Crippen LogP contribution in [0.3, 0.4) is 0 Å². The van der Waals surface area contributed by atoms with Gasteiger partial charge in [0.25, 0.3) is 10.0 Å². The maximum absolute atomic E-state index is 14.4. The lowest BCUT2D eigenvalue weighted by Crippen LogP contribution is -2.54. The molecule has 236 valence electrons. The third kappa shape index (κ3) is 8.00. The Bertz CT molecular complexity index is 1550. The standard InChI is InChI=1S/C35H45N3O5S/c1-6-32(35(40)36-29-12-8-7-9-13-29)37(23-28-11-10-14-30(22-28)43-5)34(39)24-38(33-21-26(3)15-18-27(33)4)44(41,42)31-19-16-25(2)17-20-31/h10-11,14-22,29,32H,6-9,12-13,23-24H2,1-5H3,(H,36,40)/t32-/m0/s1. The van der Waals surface area contributed by atoms with Gasteiger partial charge in [0.2, 0.25) is 11.8 Å². The predicted molar refractivity (Wildman–Crippen MR) is 174 cm³/mol. The molecule has 1 aliphatic rings. The summed E-state index contributed by atoms with van der Waals surface area (Å²) >= 11 is 0. The lowest BCUT2D eigenvalue weighted by molar-refractivity contribution is -0.140. The second-order valence-electron chi connectivity index (χ2n) is 11.8. The maximum atomic E-state index is 14.4. The summed E-state index contributed by atoms with van der Waals surface area (Å²) in [7, 11) is -2.56. The number of carbonyl (C=O) groups excluding carboxylic acids is 2. The minimum absolute atomic E-state index is 0.0763. The SMILES string of the molecule is CC[C@@H](C(=O)NC1CCCCC1)N(Cc1cccc(OC)c1)C(=O)CN(c1cc(C)ccc1C)S(=O)(=O)c1ccc(C)cc1. The summed E-state index contributed by atoms with van der Waals surface area (Å²) in [4.78, 5) is 29.8. The molecule has 8 nitrogen and oxygen atoms in total. The van der Waals surface area contributed by atoms with Crippen molar-refractivity contribution in [1.29, 1.82) is 0 Å². The molecule has 3 aromatic carbocycles. The first-order valence-corrected chi connectivity index (χ1v) is 16.9. The Morgan fingerprint density at radius 2 is 1.61 bits per heavy atom. The van der Waals surface area contributed by atoms with Crippen molar-refractivity contribution in [3.8, 4) is 5.75 Å². The van der Waals surface area contributed by atoms with E-state index in [9.17, 15) is 18.0 Å². The Kier molecular flexibility index (Phi) is 11.1. The van der Waals surface area contributed by atoms with Crippen LogP contribution in [0.1, 0.15) is 67.7 Å². The molecule has 1 saturated carbocycles. The van der Waals surface area contributed by atoms with Crippen LogP contribution in [0.4, 0.5) is 5.69 Å². The molecular weight excluding hydrogens is 574 g/mol. The average Bonchev–Trinajstić information content (AvgIpc) is 3.01. The molecule has 44 heavy (non-hydrogen) atoms. The average molecular weight is 620 g/mol. The first kappa shape index (κ1) is 33.1. The zero-order valence-electron chi connectivity index (χ0n) is 26.5. The summed E-state index contributed by atoms with van der Waals surface area (Å²) < 4.78 is 35.0. The van der Waals surface area contributed by atoms with Gasteiger partial charge in [-0.05, 0) is 87.1 Å². The van der Waals surface area contributed by atoms with Gasteiger partial charge in [0.05, 0.1) is 17.7 Å². The molecule has 4 rings (SSSR count). The number of benzene rings is 3. The highest BCUT2D eigenvalue weighted by Crippen LogP contribution is 2.29. The summed E-state index contributed by atoms with van der Waals surface area (Å²) in [5, 5.41) is 3.19. The van der Waals surface area contributed by atoms with Crippen molar-refractivity contribution in [2.24, 2.45) is 0 Å². The lowest BCUT2D eigenvalue weighted by Gasteiger charge is -2.35. The van der Waals surface area contributed by atoms with Crippen molar-refractivity contribution in [3.05, 3.63) is 89.0 Å². The fourth-order valence-electron chi connectivity index (χ4n) is 5.77. The highest BCUT2D eigenvalue weighted by atomic mass is 32.2. The van der Waals surface area contributed by atoms with E-state index in [1.807, 2.05) is 64.1 Å². The summed E-state index contributed by atoms with van der Waals surface area (Å²) in [6.07, 6.45) is 5.50. The molecule has 1 N–H and O–H groups in total. The molecule has 0 bridgehead atoms. The first-order valence-electron chi connectivity index (χ1n) is 15.4. The zero-order valence-corrected chi connectivity index (χ0v) is 27.3. The number of sulfonamides is 1. The van der Waals surface area contributed by atoms with Crippen molar-refractivity contribution in [1.82, 2.24) is 10.2 Å². The number of ether oxygens (including phenoxy) is 1. The molecule has 0 aliphatic heterocycles. The maximum Gasteiger partial charge on any atom is 0.264 e. The Labute approximate surface area is 262 Å². The number of amides is 2. The molecule has 3 aromatic rings. The van der Waals surface area contributed by atoms with Crippen LogP contribution in [0.5, 0.6) is 5.75 Å². The minimum atomic E-state index is -4.13. The van der Waals surface area contributed by atoms with E-state index >= 15 is 0 Å². The molecule has 1 aliphatic carbocycles. The van der Waals surface area contributed by atoms with Crippen LogP contribution in [0.15, 0.2) is 71.6 Å². The van der Waals surface area contributed by atoms with E-state index in [1.165, 1.54) is 9.21 Å². The van der Waals surface area contributed by atoms with Crippen LogP contribution in [-0.2, 0) is 26.2 Å². The molecule has 9 heteroatoms. The summed E-state index contributed by atoms with van der Waals surface area (Å²) in [5.41, 5.74) is 3.73. The molecular formula is C35H45N3O5S. The zero-order chi connectivity index (χ0) is 31.9. The van der Waals surface area contributed by atoms with Crippen LogP contribution in [-0.4, -0.2) is 50.9 Å². The minimum Gasteiger partial charge on any atom is -0.497 e. The summed E-state index contributed by atoms with van der Waals surface area (Å²) in [6, 6.07) is 18.8. The van der Waals surface area contributed by atoms with Gasteiger partial charge in [-0.1, -0.05) is 68.1 Å². The molecule has 0 heterocycles. The topological polar surface area (TPSA) is 96.0 Å². The molecule has 1 atom stereocenters. The molecule has 0 radical (unpaired) electrons. The smallest absolute Gasteiger partial charge is 0.264 e. The van der Waals surface area contributed by atoms with Gasteiger partial charge < -0.3 is 15.0 Å². The van der Waals surface area contributed by atoms with Crippen molar-refractivity contribution in [3.63, 3.8) is 0 Å². The number of nitrogens with zero attached hydrogens (tertiary/aromatic N) is 2. The van der Waals surface area contributed by atoms with Gasteiger partial charge >= 0.3 is 0 Å². The largest absolute Gasteiger partial charge is 0.497 e. The van der Waals surface area contributed by atoms with Gasteiger partial charge in [0.1, 0.15) is 18.3 Å². The molecule has 0 aromatic heterocycles. The fourth-order valence-corrected chi connectivity index (χ4v) is 7.24. The normalized spacial score (nSPS) is 14.5. The van der Waals surface area contributed by atoms with Crippen molar-refractivity contribution < 1.29 is 22.7 Å². The number of carbonyl (C=O) groups is 2. The first-order chi connectivity index (χ1) is 21.0. The third-order valence-corrected chi connectivity index (χ3v) is 10.1. The molecule has 0 saturated heterocycles. The van der Waals surface area contributed by atoms with Gasteiger partial charge in [-0.15, -0.1) is 0 Å². The van der Waals surface area contributed by atoms with Gasteiger partial charge in [-0.25, -0.2) is 8.42 Å². The van der Waals surface area contributed by atoms with E-state index in [4.69, 9.17) is 4.74 Å². The number of hydrogen-bond donors (Lipinski definition) is 1. The van der Waals surface area contributed by atoms with Crippen molar-refractivity contribution in [2.45, 2.75) is 89.7 Å². The lowest BCUT2D eigenvalue weighted by atomic mass is 9.95. The second-order valence-corrected chi connectivity index (χ2v) is 13.6. The van der Waals surface area contributed by atoms with Crippen LogP contribution in [0, 0.1) is 20.8 Å². The van der Waals surface area contributed by atoms with Crippen LogP contribution >= 0.6 is 0 Å². The second kappa shape index (κ2) is 14.8. The summed E-state index contributed by atoms with van der Waals surface area (Å²) in [5.74, 6) is -0.0426. The van der Waals surface area contributed by atoms with Gasteiger partial charge in [0, 0.05) is 12.6 Å². The number of anilines is 1. The fraction of sp³-hybridized carbons (Fsp3) is 0.429. The molecule has 0 spiro atoms. The van der Waals surface area contributed by atoms with Gasteiger partial charge in [-0.2, -0.15) is 0 Å². The quantitative estimate of drug-likeness (QED) is 0.266. The van der Waals surface area contributed by atoms with Crippen LogP contribution in [0.25, 0.3) is 0 Å². The monoisotopic (exact) mass is 619 g/mol. The van der Waals surface area contributed by atoms with Crippen LogP contribution < -0.4 is 14.4 Å². The molecule has 0 unspecified atom stereocenters. The van der Waals surface area contributed by atoms with E-state index in [1.54, 1.807) is 37.4 Å². The Morgan fingerprint density at radius 1 is 0.932 bits per heavy atom. The van der Waals surface area contributed by atoms with E-state index in [0.29, 0.717) is 17.9 Å². The van der Waals surface area contributed by atoms with E-state index in [2.05, 4.69) is 5.32 Å². The molecule has 1 fully saturated rings. The number of nitrogens with one attached hydrogen (secondary N) is 1. The van der Waals surface area contributed by atoms with E-state index < -0.39 is 28.5 Å². The molecule has 2 amide bonds. The highest BCUT2D eigenvalue weighted by Gasteiger charge is 2.35. The van der Waals surface area contributed by atoms with E-state index in [-0.39, 0.29) is 23.4 Å². The highest BCUT2D eigenvalue weighted by molar-refractivity contribution is 7.92. The number of aryl methyl sites for hydroxylation is 3. The van der Waals surface area contributed by atoms with Crippen molar-refractivity contribution in [2.75, 3.05) is 18.0 Å². The number of methoxy groups -OCH3 is 1. The van der Waals surface area contributed by atoms with Crippen LogP contribution in [0.2, 0.25) is 0 Å².